The molecule has 0 amide bonds. The molecular weight excluding hydrogens is 212 g/mol. The molecule has 4 heteroatoms. The van der Waals surface area contributed by atoms with E-state index in [2.05, 4.69) is 0 Å². The van der Waals surface area contributed by atoms with Crippen LogP contribution < -0.4 is 8.92 Å². The van der Waals surface area contributed by atoms with Gasteiger partial charge in [-0.25, -0.2) is 0 Å². The Bertz CT molecular complexity index is 277. The largest absolute Gasteiger partial charge is 0.496 e. The van der Waals surface area contributed by atoms with Gasteiger partial charge in [0, 0.05) is 6.07 Å². The lowest BCUT2D eigenvalue weighted by Crippen LogP contribution is -1.88. The summed E-state index contributed by atoms with van der Waals surface area (Å²) in [5, 5.41) is 0. The van der Waals surface area contributed by atoms with Crippen molar-refractivity contribution in [2.75, 3.05) is 14.2 Å². The van der Waals surface area contributed by atoms with Gasteiger partial charge in [0.1, 0.15) is 11.5 Å². The Hall–Kier alpha value is -0.870. The summed E-state index contributed by atoms with van der Waals surface area (Å²) in [6.07, 6.45) is 0. The van der Waals surface area contributed by atoms with Crippen LogP contribution in [0.25, 0.3) is 0 Å². The van der Waals surface area contributed by atoms with Crippen molar-refractivity contribution in [2.45, 2.75) is 20.8 Å². The normalized spacial score (nSPS) is 8.87. The predicted octanol–water partition coefficient (Wildman–Crippen LogP) is 3.62. The van der Waals surface area contributed by atoms with Gasteiger partial charge in [-0.3, -0.25) is 4.18 Å². The first kappa shape index (κ1) is 14.1. The second kappa shape index (κ2) is 8.44. The number of benzene rings is 1. The van der Waals surface area contributed by atoms with Gasteiger partial charge < -0.3 is 8.92 Å². The molecule has 0 N–H and O–H groups in total. The fourth-order valence-corrected chi connectivity index (χ4v) is 1.18. The van der Waals surface area contributed by atoms with Crippen molar-refractivity contribution in [3.63, 3.8) is 0 Å². The Kier molecular flexibility index (Phi) is 7.95. The van der Waals surface area contributed by atoms with Gasteiger partial charge in [0.25, 0.3) is 0 Å². The fraction of sp³-hybridized carbons (Fsp3) is 0.455. The first-order chi connectivity index (χ1) is 7.27. The van der Waals surface area contributed by atoms with Crippen molar-refractivity contribution < 1.29 is 13.1 Å². The molecule has 3 nitrogen and oxygen atoms in total. The molecule has 0 bridgehead atoms. The van der Waals surface area contributed by atoms with E-state index in [0.717, 1.165) is 23.6 Å². The van der Waals surface area contributed by atoms with Crippen molar-refractivity contribution in [1.29, 1.82) is 0 Å². The van der Waals surface area contributed by atoms with Crippen LogP contribution in [0.5, 0.6) is 11.5 Å². The lowest BCUT2D eigenvalue weighted by Gasteiger charge is -2.06. The van der Waals surface area contributed by atoms with Crippen LogP contribution in [0.1, 0.15) is 19.4 Å². The molecule has 0 aliphatic rings. The van der Waals surface area contributed by atoms with Crippen molar-refractivity contribution in [2.24, 2.45) is 0 Å². The van der Waals surface area contributed by atoms with E-state index < -0.39 is 0 Å². The van der Waals surface area contributed by atoms with Crippen LogP contribution in [0, 0.1) is 6.92 Å². The average Bonchev–Trinajstić information content (AvgIpc) is 2.30. The molecule has 0 aromatic heterocycles. The number of rotatable bonds is 4. The van der Waals surface area contributed by atoms with Gasteiger partial charge >= 0.3 is 0 Å². The molecule has 0 saturated carbocycles. The molecule has 0 atom stereocenters. The molecule has 0 fully saturated rings. The van der Waals surface area contributed by atoms with Crippen LogP contribution in [0.3, 0.4) is 0 Å². The van der Waals surface area contributed by atoms with E-state index in [0.29, 0.717) is 5.75 Å². The third kappa shape index (κ3) is 4.95. The average molecular weight is 230 g/mol. The van der Waals surface area contributed by atoms with Gasteiger partial charge in [-0.15, -0.1) is 0 Å². The van der Waals surface area contributed by atoms with Gasteiger partial charge in [0.15, 0.2) is 0 Å². The van der Waals surface area contributed by atoms with Crippen molar-refractivity contribution >= 4 is 12.3 Å². The maximum absolute atomic E-state index is 5.17. The highest BCUT2D eigenvalue weighted by molar-refractivity contribution is 7.90. The predicted molar refractivity (Wildman–Crippen MR) is 64.3 cm³/mol. The minimum atomic E-state index is 0.717. The summed E-state index contributed by atoms with van der Waals surface area (Å²) in [6.45, 7) is 5.98. The highest BCUT2D eigenvalue weighted by Gasteiger charge is 2.01. The summed E-state index contributed by atoms with van der Waals surface area (Å²) < 4.78 is 15.0. The minimum Gasteiger partial charge on any atom is -0.496 e. The Labute approximate surface area is 96.1 Å². The Balaban J connectivity index is 0.000000921. The maximum Gasteiger partial charge on any atom is 0.225 e. The summed E-state index contributed by atoms with van der Waals surface area (Å²) in [5.74, 6) is 1.53. The molecule has 1 aromatic carbocycles. The van der Waals surface area contributed by atoms with E-state index in [4.69, 9.17) is 13.1 Å². The quantitative estimate of drug-likeness (QED) is 0.738. The lowest BCUT2D eigenvalue weighted by atomic mass is 10.2. The number of hydrogen-bond acceptors (Lipinski definition) is 4. The summed E-state index contributed by atoms with van der Waals surface area (Å²) in [7, 11) is 3.19. The van der Waals surface area contributed by atoms with Gasteiger partial charge in [-0.2, -0.15) is 0 Å². The molecule has 0 aliphatic heterocycles. The van der Waals surface area contributed by atoms with Crippen molar-refractivity contribution in [1.82, 2.24) is 0 Å². The van der Waals surface area contributed by atoms with Gasteiger partial charge in [-0.1, -0.05) is 19.9 Å². The van der Waals surface area contributed by atoms with Gasteiger partial charge in [-0.05, 0) is 18.6 Å². The number of methoxy groups -OCH3 is 1. The van der Waals surface area contributed by atoms with Crippen LogP contribution in [-0.2, 0) is 4.18 Å². The highest BCUT2D eigenvalue weighted by atomic mass is 32.2. The molecule has 0 spiro atoms. The first-order valence-corrected chi connectivity index (χ1v) is 5.46. The van der Waals surface area contributed by atoms with Crippen LogP contribution in [0.4, 0.5) is 0 Å². The Morgan fingerprint density at radius 3 is 2.33 bits per heavy atom. The smallest absolute Gasteiger partial charge is 0.225 e. The van der Waals surface area contributed by atoms with Crippen LogP contribution >= 0.6 is 12.3 Å². The minimum absolute atomic E-state index is 0.717. The van der Waals surface area contributed by atoms with Gasteiger partial charge in [0.05, 0.1) is 14.2 Å². The number of ether oxygens (including phenoxy) is 1. The SMILES string of the molecule is CC.COSOc1ccc(C)c(OC)c1. The molecular formula is C11H18O3S. The van der Waals surface area contributed by atoms with E-state index in [1.165, 1.54) is 0 Å². The summed E-state index contributed by atoms with van der Waals surface area (Å²) in [6, 6.07) is 5.62. The molecule has 0 heterocycles. The molecule has 86 valence electrons. The fourth-order valence-electron chi connectivity index (χ4n) is 0.925. The second-order valence-electron chi connectivity index (χ2n) is 2.45. The molecule has 0 radical (unpaired) electrons. The third-order valence-electron chi connectivity index (χ3n) is 1.58. The topological polar surface area (TPSA) is 27.7 Å². The third-order valence-corrected chi connectivity index (χ3v) is 1.97. The van der Waals surface area contributed by atoms with Crippen LogP contribution in [0.2, 0.25) is 0 Å². The standard InChI is InChI=1S/C9H12O3S.C2H6/c1-7-4-5-8(12-13-11-3)6-9(7)10-2;1-2/h4-6H,1-3H3;1-2H3. The van der Waals surface area contributed by atoms with Crippen molar-refractivity contribution in [3.8, 4) is 11.5 Å². The number of hydrogen-bond donors (Lipinski definition) is 0. The molecule has 0 aliphatic carbocycles. The van der Waals surface area contributed by atoms with E-state index in [-0.39, 0.29) is 0 Å². The maximum atomic E-state index is 5.17. The van der Waals surface area contributed by atoms with E-state index in [9.17, 15) is 0 Å². The first-order valence-electron chi connectivity index (χ1n) is 4.80. The zero-order valence-electron chi connectivity index (χ0n) is 9.87. The summed E-state index contributed by atoms with van der Waals surface area (Å²) in [4.78, 5) is 0. The molecule has 0 unspecified atom stereocenters. The van der Waals surface area contributed by atoms with Gasteiger partial charge in [0.2, 0.25) is 12.3 Å². The molecule has 15 heavy (non-hydrogen) atoms. The summed E-state index contributed by atoms with van der Waals surface area (Å²) in [5.41, 5.74) is 1.08. The molecule has 0 saturated heterocycles. The Morgan fingerprint density at radius 1 is 1.13 bits per heavy atom. The Morgan fingerprint density at radius 2 is 1.80 bits per heavy atom. The van der Waals surface area contributed by atoms with Crippen molar-refractivity contribution in [3.05, 3.63) is 23.8 Å². The van der Waals surface area contributed by atoms with Crippen LogP contribution in [0.15, 0.2) is 18.2 Å². The summed E-state index contributed by atoms with van der Waals surface area (Å²) >= 11 is 0.931. The monoisotopic (exact) mass is 230 g/mol. The zero-order valence-corrected chi connectivity index (χ0v) is 10.7. The number of aryl methyl sites for hydroxylation is 1. The van der Waals surface area contributed by atoms with E-state index in [1.54, 1.807) is 14.2 Å². The van der Waals surface area contributed by atoms with E-state index in [1.807, 2.05) is 39.0 Å². The second-order valence-corrected chi connectivity index (χ2v) is 3.09. The zero-order chi connectivity index (χ0) is 11.7. The molecule has 1 rings (SSSR count). The van der Waals surface area contributed by atoms with E-state index >= 15 is 0 Å². The lowest BCUT2D eigenvalue weighted by molar-refractivity contribution is 0.407. The van der Waals surface area contributed by atoms with Crippen LogP contribution in [-0.4, -0.2) is 14.2 Å². The molecule has 1 aromatic rings. The highest BCUT2D eigenvalue weighted by Crippen LogP contribution is 2.25.